The molecule has 0 atom stereocenters. The summed E-state index contributed by atoms with van der Waals surface area (Å²) in [5.41, 5.74) is 0.344. The van der Waals surface area contributed by atoms with Crippen LogP contribution in [-0.4, -0.2) is 11.3 Å². The third-order valence-corrected chi connectivity index (χ3v) is 2.64. The Kier molecular flexibility index (Phi) is 3.29. The van der Waals surface area contributed by atoms with E-state index in [0.717, 1.165) is 0 Å². The Balaban J connectivity index is 3.16. The molecule has 12 heavy (non-hydrogen) atoms. The van der Waals surface area contributed by atoms with Gasteiger partial charge in [-0.3, -0.25) is 5.41 Å². The zero-order valence-electron chi connectivity index (χ0n) is 6.40. The second kappa shape index (κ2) is 4.05. The van der Waals surface area contributed by atoms with E-state index in [2.05, 4.69) is 15.9 Å². The van der Waals surface area contributed by atoms with Crippen molar-refractivity contribution in [1.82, 2.24) is 0 Å². The molecule has 0 heterocycles. The minimum Gasteiger partial charge on any atom is -0.293 e. The van der Waals surface area contributed by atoms with Crippen molar-refractivity contribution in [2.24, 2.45) is 0 Å². The molecule has 0 aromatic heterocycles. The van der Waals surface area contributed by atoms with Gasteiger partial charge in [-0.15, -0.1) is 11.8 Å². The standard InChI is InChI=1S/C8H7BrFNS/c1-12-8(11)5-3-2-4-6(9)7(5)10/h2-4,11H,1H3. The quantitative estimate of drug-likeness (QED) is 0.598. The fourth-order valence-corrected chi connectivity index (χ4v) is 1.53. The van der Waals surface area contributed by atoms with Crippen LogP contribution < -0.4 is 0 Å². The molecular weight excluding hydrogens is 241 g/mol. The average molecular weight is 248 g/mol. The van der Waals surface area contributed by atoms with Gasteiger partial charge in [0.1, 0.15) is 5.82 Å². The van der Waals surface area contributed by atoms with Crippen LogP contribution in [-0.2, 0) is 0 Å². The van der Waals surface area contributed by atoms with Gasteiger partial charge in [-0.2, -0.15) is 0 Å². The molecule has 1 aromatic rings. The van der Waals surface area contributed by atoms with Crippen molar-refractivity contribution in [3.8, 4) is 0 Å². The Morgan fingerprint density at radius 3 is 2.83 bits per heavy atom. The van der Waals surface area contributed by atoms with Crippen LogP contribution in [0.5, 0.6) is 0 Å². The lowest BCUT2D eigenvalue weighted by atomic mass is 10.2. The Bertz CT molecular complexity index is 314. The number of hydrogen-bond acceptors (Lipinski definition) is 2. The normalized spacial score (nSPS) is 9.92. The molecule has 0 spiro atoms. The van der Waals surface area contributed by atoms with E-state index in [0.29, 0.717) is 10.0 Å². The summed E-state index contributed by atoms with van der Waals surface area (Å²) in [6.45, 7) is 0. The summed E-state index contributed by atoms with van der Waals surface area (Å²) in [7, 11) is 0. The molecule has 1 N–H and O–H groups in total. The minimum absolute atomic E-state index is 0.244. The zero-order chi connectivity index (χ0) is 9.14. The van der Waals surface area contributed by atoms with E-state index in [4.69, 9.17) is 5.41 Å². The number of hydrogen-bond donors (Lipinski definition) is 1. The third kappa shape index (κ3) is 1.87. The summed E-state index contributed by atoms with van der Waals surface area (Å²) >= 11 is 4.29. The van der Waals surface area contributed by atoms with Crippen LogP contribution >= 0.6 is 27.7 Å². The molecule has 0 radical (unpaired) electrons. The SMILES string of the molecule is CSC(=N)c1cccc(Br)c1F. The molecule has 0 fully saturated rings. The van der Waals surface area contributed by atoms with E-state index in [1.54, 1.807) is 24.5 Å². The topological polar surface area (TPSA) is 23.9 Å². The first-order chi connectivity index (χ1) is 5.66. The van der Waals surface area contributed by atoms with Crippen LogP contribution in [0.4, 0.5) is 4.39 Å². The molecule has 0 unspecified atom stereocenters. The van der Waals surface area contributed by atoms with E-state index in [-0.39, 0.29) is 10.9 Å². The lowest BCUT2D eigenvalue weighted by Crippen LogP contribution is -1.97. The van der Waals surface area contributed by atoms with Gasteiger partial charge in [0.25, 0.3) is 0 Å². The second-order valence-electron chi connectivity index (χ2n) is 2.13. The molecule has 64 valence electrons. The van der Waals surface area contributed by atoms with Gasteiger partial charge in [-0.05, 0) is 34.3 Å². The van der Waals surface area contributed by atoms with Gasteiger partial charge in [0.05, 0.1) is 9.52 Å². The summed E-state index contributed by atoms with van der Waals surface area (Å²) in [6.07, 6.45) is 1.75. The fraction of sp³-hybridized carbons (Fsp3) is 0.125. The van der Waals surface area contributed by atoms with Crippen LogP contribution in [0, 0.1) is 11.2 Å². The molecular formula is C8H7BrFNS. The molecule has 0 saturated heterocycles. The van der Waals surface area contributed by atoms with E-state index >= 15 is 0 Å². The summed E-state index contributed by atoms with van der Waals surface area (Å²) in [6, 6.07) is 4.93. The highest BCUT2D eigenvalue weighted by atomic mass is 79.9. The summed E-state index contributed by atoms with van der Waals surface area (Å²) < 4.78 is 13.6. The highest BCUT2D eigenvalue weighted by Gasteiger charge is 2.08. The van der Waals surface area contributed by atoms with Crippen LogP contribution in [0.15, 0.2) is 22.7 Å². The van der Waals surface area contributed by atoms with Crippen molar-refractivity contribution < 1.29 is 4.39 Å². The monoisotopic (exact) mass is 247 g/mol. The molecule has 0 saturated carbocycles. The summed E-state index contributed by atoms with van der Waals surface area (Å²) in [5, 5.41) is 7.66. The van der Waals surface area contributed by atoms with Crippen molar-refractivity contribution in [1.29, 1.82) is 5.41 Å². The molecule has 0 aliphatic rings. The summed E-state index contributed by atoms with van der Waals surface area (Å²) in [4.78, 5) is 0. The highest BCUT2D eigenvalue weighted by molar-refractivity contribution is 9.10. The van der Waals surface area contributed by atoms with Gasteiger partial charge in [0.2, 0.25) is 0 Å². The molecule has 0 aliphatic heterocycles. The first-order valence-corrected chi connectivity index (χ1v) is 5.25. The predicted octanol–water partition coefficient (Wildman–Crippen LogP) is 3.28. The van der Waals surface area contributed by atoms with Gasteiger partial charge in [-0.25, -0.2) is 4.39 Å². The Morgan fingerprint density at radius 1 is 1.58 bits per heavy atom. The average Bonchev–Trinajstić information content (AvgIpc) is 2.08. The van der Waals surface area contributed by atoms with Crippen molar-refractivity contribution in [3.05, 3.63) is 34.1 Å². The maximum atomic E-state index is 13.2. The van der Waals surface area contributed by atoms with Gasteiger partial charge in [0, 0.05) is 5.56 Å². The lowest BCUT2D eigenvalue weighted by molar-refractivity contribution is 0.619. The minimum atomic E-state index is -0.364. The number of nitrogens with one attached hydrogen (secondary N) is 1. The Labute approximate surface area is 83.0 Å². The van der Waals surface area contributed by atoms with Gasteiger partial charge in [-0.1, -0.05) is 6.07 Å². The second-order valence-corrected chi connectivity index (χ2v) is 3.81. The predicted molar refractivity (Wildman–Crippen MR) is 54.4 cm³/mol. The fourth-order valence-electron chi connectivity index (χ4n) is 0.789. The van der Waals surface area contributed by atoms with E-state index in [1.165, 1.54) is 11.8 Å². The maximum Gasteiger partial charge on any atom is 0.147 e. The molecule has 1 rings (SSSR count). The van der Waals surface area contributed by atoms with Crippen molar-refractivity contribution in [3.63, 3.8) is 0 Å². The van der Waals surface area contributed by atoms with Gasteiger partial charge in [0.15, 0.2) is 0 Å². The van der Waals surface area contributed by atoms with E-state index in [1.807, 2.05) is 0 Å². The molecule has 0 bridgehead atoms. The van der Waals surface area contributed by atoms with Crippen LogP contribution in [0.3, 0.4) is 0 Å². The number of benzene rings is 1. The Morgan fingerprint density at radius 2 is 2.25 bits per heavy atom. The van der Waals surface area contributed by atoms with Crippen LogP contribution in [0.2, 0.25) is 0 Å². The van der Waals surface area contributed by atoms with Crippen LogP contribution in [0.25, 0.3) is 0 Å². The van der Waals surface area contributed by atoms with Crippen molar-refractivity contribution in [2.45, 2.75) is 0 Å². The molecule has 1 aromatic carbocycles. The number of rotatable bonds is 1. The molecule has 1 nitrogen and oxygen atoms in total. The largest absolute Gasteiger partial charge is 0.293 e. The van der Waals surface area contributed by atoms with E-state index < -0.39 is 0 Å². The van der Waals surface area contributed by atoms with Crippen molar-refractivity contribution >= 4 is 32.7 Å². The highest BCUT2D eigenvalue weighted by Crippen LogP contribution is 2.21. The summed E-state index contributed by atoms with van der Waals surface area (Å²) in [5.74, 6) is -0.364. The van der Waals surface area contributed by atoms with Gasteiger partial charge >= 0.3 is 0 Å². The van der Waals surface area contributed by atoms with Gasteiger partial charge < -0.3 is 0 Å². The third-order valence-electron chi connectivity index (χ3n) is 1.40. The lowest BCUT2D eigenvalue weighted by Gasteiger charge is -2.02. The molecule has 0 aliphatic carbocycles. The maximum absolute atomic E-state index is 13.2. The smallest absolute Gasteiger partial charge is 0.147 e. The first kappa shape index (κ1) is 9.74. The molecule has 0 amide bonds. The first-order valence-electron chi connectivity index (χ1n) is 3.23. The number of halogens is 2. The van der Waals surface area contributed by atoms with Crippen LogP contribution in [0.1, 0.15) is 5.56 Å². The molecule has 4 heteroatoms. The number of thioether (sulfide) groups is 1. The van der Waals surface area contributed by atoms with Crippen molar-refractivity contribution in [2.75, 3.05) is 6.26 Å². The van der Waals surface area contributed by atoms with E-state index in [9.17, 15) is 4.39 Å². The zero-order valence-corrected chi connectivity index (χ0v) is 8.80. The Hall–Kier alpha value is -0.350.